The highest BCUT2D eigenvalue weighted by Crippen LogP contribution is 2.20. The van der Waals surface area contributed by atoms with Crippen LogP contribution in [0.2, 0.25) is 0 Å². The summed E-state index contributed by atoms with van der Waals surface area (Å²) in [4.78, 5) is 2.29. The summed E-state index contributed by atoms with van der Waals surface area (Å²) in [5, 5.41) is 15.6. The van der Waals surface area contributed by atoms with Crippen molar-refractivity contribution < 1.29 is 0 Å². The van der Waals surface area contributed by atoms with Crippen molar-refractivity contribution in [1.82, 2.24) is 25.3 Å². The van der Waals surface area contributed by atoms with Gasteiger partial charge in [-0.15, -0.1) is 14.8 Å². The number of hydrogen-bond acceptors (Lipinski definition) is 5. The van der Waals surface area contributed by atoms with E-state index in [2.05, 4.69) is 32.4 Å². The van der Waals surface area contributed by atoms with Gasteiger partial charge in [0.25, 0.3) is 0 Å². The number of fused-ring (bicyclic) bond motifs is 1. The second kappa shape index (κ2) is 3.70. The predicted octanol–water partition coefficient (Wildman–Crippen LogP) is 0.756. The Bertz CT molecular complexity index is 485. The quantitative estimate of drug-likeness (QED) is 0.707. The van der Waals surface area contributed by atoms with Crippen molar-refractivity contribution >= 4 is 11.5 Å². The number of piperidine rings is 1. The van der Waals surface area contributed by atoms with E-state index in [4.69, 9.17) is 0 Å². The Morgan fingerprint density at radius 3 is 2.88 bits per heavy atom. The summed E-state index contributed by atoms with van der Waals surface area (Å²) in [6.45, 7) is 4.44. The summed E-state index contributed by atoms with van der Waals surface area (Å²) < 4.78 is 1.48. The molecule has 3 rings (SSSR count). The van der Waals surface area contributed by atoms with Gasteiger partial charge < -0.3 is 4.90 Å². The van der Waals surface area contributed by atoms with E-state index in [1.54, 1.807) is 0 Å². The molecule has 16 heavy (non-hydrogen) atoms. The lowest BCUT2D eigenvalue weighted by Crippen LogP contribution is -2.33. The maximum atomic E-state index is 4.39. The molecule has 6 heteroatoms. The van der Waals surface area contributed by atoms with E-state index in [1.165, 1.54) is 17.5 Å². The molecule has 0 saturated carbocycles. The lowest BCUT2D eigenvalue weighted by molar-refractivity contribution is 0.435. The molecule has 0 N–H and O–H groups in total. The standard InChI is InChI=1S/C10H14N6/c1-8-4-6-15(7-5-8)10-3-2-9-11-13-14-16(9)12-10/h2-3,8H,4-7H2,1H3. The molecule has 0 unspecified atom stereocenters. The largest absolute Gasteiger partial charge is 0.355 e. The van der Waals surface area contributed by atoms with E-state index in [0.717, 1.165) is 24.8 Å². The fourth-order valence-corrected chi connectivity index (χ4v) is 2.05. The Balaban J connectivity index is 1.87. The lowest BCUT2D eigenvalue weighted by Gasteiger charge is -2.30. The van der Waals surface area contributed by atoms with E-state index >= 15 is 0 Å². The van der Waals surface area contributed by atoms with Crippen molar-refractivity contribution in [3.05, 3.63) is 12.1 Å². The summed E-state index contributed by atoms with van der Waals surface area (Å²) in [7, 11) is 0. The van der Waals surface area contributed by atoms with Gasteiger partial charge in [0, 0.05) is 13.1 Å². The molecule has 0 aromatic carbocycles. The highest BCUT2D eigenvalue weighted by atomic mass is 15.6. The van der Waals surface area contributed by atoms with Gasteiger partial charge in [-0.05, 0) is 41.3 Å². The average molecular weight is 218 g/mol. The van der Waals surface area contributed by atoms with Gasteiger partial charge in [0.05, 0.1) is 0 Å². The van der Waals surface area contributed by atoms with Crippen molar-refractivity contribution in [3.8, 4) is 0 Å². The Morgan fingerprint density at radius 2 is 2.06 bits per heavy atom. The molecule has 0 bridgehead atoms. The van der Waals surface area contributed by atoms with Gasteiger partial charge in [-0.1, -0.05) is 6.92 Å². The predicted molar refractivity (Wildman–Crippen MR) is 59.2 cm³/mol. The zero-order valence-corrected chi connectivity index (χ0v) is 9.24. The third kappa shape index (κ3) is 1.60. The van der Waals surface area contributed by atoms with E-state index < -0.39 is 0 Å². The molecule has 2 aromatic rings. The van der Waals surface area contributed by atoms with E-state index in [0.29, 0.717) is 5.65 Å². The highest BCUT2D eigenvalue weighted by Gasteiger charge is 2.17. The summed E-state index contributed by atoms with van der Waals surface area (Å²) in [5.74, 6) is 1.79. The normalized spacial score (nSPS) is 18.2. The molecule has 1 aliphatic heterocycles. The fourth-order valence-electron chi connectivity index (χ4n) is 2.05. The molecule has 3 heterocycles. The molecule has 0 radical (unpaired) electrons. The maximum Gasteiger partial charge on any atom is 0.200 e. The number of hydrogen-bond donors (Lipinski definition) is 0. The van der Waals surface area contributed by atoms with Gasteiger partial charge in [-0.3, -0.25) is 0 Å². The topological polar surface area (TPSA) is 59.2 Å². The van der Waals surface area contributed by atoms with Crippen LogP contribution in [0.25, 0.3) is 5.65 Å². The third-order valence-corrected chi connectivity index (χ3v) is 3.16. The number of tetrazole rings is 1. The van der Waals surface area contributed by atoms with Crippen LogP contribution in [0.5, 0.6) is 0 Å². The highest BCUT2D eigenvalue weighted by molar-refractivity contribution is 5.44. The van der Waals surface area contributed by atoms with Gasteiger partial charge in [0.2, 0.25) is 0 Å². The second-order valence-corrected chi connectivity index (χ2v) is 4.39. The first-order valence-corrected chi connectivity index (χ1v) is 5.63. The molecule has 84 valence electrons. The maximum absolute atomic E-state index is 4.39. The molecule has 2 aromatic heterocycles. The van der Waals surface area contributed by atoms with E-state index in [-0.39, 0.29) is 0 Å². The van der Waals surface area contributed by atoms with Gasteiger partial charge in [-0.25, -0.2) is 0 Å². The van der Waals surface area contributed by atoms with E-state index in [9.17, 15) is 0 Å². The number of nitrogens with zero attached hydrogens (tertiary/aromatic N) is 6. The molecular formula is C10H14N6. The van der Waals surface area contributed by atoms with Gasteiger partial charge in [0.15, 0.2) is 11.5 Å². The van der Waals surface area contributed by atoms with Crippen LogP contribution in [-0.2, 0) is 0 Å². The average Bonchev–Trinajstić information content (AvgIpc) is 2.77. The van der Waals surface area contributed by atoms with Crippen LogP contribution in [-0.4, -0.2) is 38.3 Å². The van der Waals surface area contributed by atoms with E-state index in [1.807, 2.05) is 12.1 Å². The third-order valence-electron chi connectivity index (χ3n) is 3.16. The van der Waals surface area contributed by atoms with Crippen LogP contribution in [0.3, 0.4) is 0 Å². The first kappa shape index (κ1) is 9.50. The minimum atomic E-state index is 0.689. The van der Waals surface area contributed by atoms with Crippen LogP contribution in [0.4, 0.5) is 5.82 Å². The Hall–Kier alpha value is -1.72. The molecule has 1 aliphatic rings. The van der Waals surface area contributed by atoms with Crippen molar-refractivity contribution in [2.24, 2.45) is 5.92 Å². The lowest BCUT2D eigenvalue weighted by atomic mass is 9.99. The smallest absolute Gasteiger partial charge is 0.200 e. The minimum absolute atomic E-state index is 0.689. The fraction of sp³-hybridized carbons (Fsp3) is 0.600. The number of rotatable bonds is 1. The zero-order chi connectivity index (χ0) is 11.0. The molecule has 1 saturated heterocycles. The van der Waals surface area contributed by atoms with Crippen LogP contribution in [0.1, 0.15) is 19.8 Å². The van der Waals surface area contributed by atoms with Crippen molar-refractivity contribution in [1.29, 1.82) is 0 Å². The molecule has 0 atom stereocenters. The van der Waals surface area contributed by atoms with Crippen LogP contribution >= 0.6 is 0 Å². The number of aromatic nitrogens is 5. The van der Waals surface area contributed by atoms with Gasteiger partial charge in [-0.2, -0.15) is 0 Å². The summed E-state index contributed by atoms with van der Waals surface area (Å²) in [5.41, 5.74) is 0.689. The SMILES string of the molecule is CC1CCN(c2ccc3nnnn3n2)CC1. The molecule has 0 aliphatic carbocycles. The summed E-state index contributed by atoms with van der Waals surface area (Å²) in [6.07, 6.45) is 2.46. The molecule has 0 amide bonds. The Morgan fingerprint density at radius 1 is 1.25 bits per heavy atom. The molecule has 6 nitrogen and oxygen atoms in total. The Kier molecular flexibility index (Phi) is 2.19. The first-order chi connectivity index (χ1) is 7.83. The second-order valence-electron chi connectivity index (χ2n) is 4.39. The summed E-state index contributed by atoms with van der Waals surface area (Å²) >= 11 is 0. The number of anilines is 1. The molecule has 1 fully saturated rings. The Labute approximate surface area is 93.2 Å². The van der Waals surface area contributed by atoms with Crippen LogP contribution < -0.4 is 4.90 Å². The monoisotopic (exact) mass is 218 g/mol. The van der Waals surface area contributed by atoms with Crippen LogP contribution in [0.15, 0.2) is 12.1 Å². The van der Waals surface area contributed by atoms with Crippen molar-refractivity contribution in [3.63, 3.8) is 0 Å². The zero-order valence-electron chi connectivity index (χ0n) is 9.24. The molecule has 0 spiro atoms. The molecular weight excluding hydrogens is 204 g/mol. The van der Waals surface area contributed by atoms with Gasteiger partial charge in [0.1, 0.15) is 0 Å². The van der Waals surface area contributed by atoms with Crippen LogP contribution in [0, 0.1) is 5.92 Å². The van der Waals surface area contributed by atoms with Crippen molar-refractivity contribution in [2.45, 2.75) is 19.8 Å². The summed E-state index contributed by atoms with van der Waals surface area (Å²) in [6, 6.07) is 3.89. The van der Waals surface area contributed by atoms with Gasteiger partial charge >= 0.3 is 0 Å². The minimum Gasteiger partial charge on any atom is -0.355 e. The first-order valence-electron chi connectivity index (χ1n) is 5.63. The van der Waals surface area contributed by atoms with Crippen molar-refractivity contribution in [2.75, 3.05) is 18.0 Å².